The van der Waals surface area contributed by atoms with E-state index in [1.54, 1.807) is 17.4 Å². The molecule has 3 nitrogen and oxygen atoms in total. The van der Waals surface area contributed by atoms with Gasteiger partial charge in [-0.1, -0.05) is 24.3 Å². The first-order chi connectivity index (χ1) is 10.1. The van der Waals surface area contributed by atoms with Gasteiger partial charge in [-0.2, -0.15) is 0 Å². The van der Waals surface area contributed by atoms with Crippen LogP contribution in [0.1, 0.15) is 15.2 Å². The van der Waals surface area contributed by atoms with Gasteiger partial charge in [0.15, 0.2) is 0 Å². The van der Waals surface area contributed by atoms with Gasteiger partial charge in [0.2, 0.25) is 0 Å². The number of carboxylic acids is 1. The van der Waals surface area contributed by atoms with Crippen LogP contribution in [0.25, 0.3) is 10.8 Å². The molecule has 0 radical (unpaired) electrons. The topological polar surface area (TPSA) is 49.3 Å². The Morgan fingerprint density at radius 1 is 1.19 bits per heavy atom. The summed E-state index contributed by atoms with van der Waals surface area (Å²) in [6.07, 6.45) is 0. The van der Waals surface area contributed by atoms with Crippen molar-refractivity contribution in [3.05, 3.63) is 62.8 Å². The maximum absolute atomic E-state index is 11.3. The molecular formula is C16H12BrNO2S. The minimum absolute atomic E-state index is 0.329. The second-order valence-electron chi connectivity index (χ2n) is 4.60. The fraction of sp³-hybridized carbons (Fsp3) is 0.0625. The van der Waals surface area contributed by atoms with Crippen LogP contribution in [0.4, 0.5) is 5.69 Å². The van der Waals surface area contributed by atoms with Gasteiger partial charge >= 0.3 is 5.97 Å². The predicted octanol–water partition coefficient (Wildman–Crippen LogP) is 4.97. The zero-order valence-electron chi connectivity index (χ0n) is 11.0. The van der Waals surface area contributed by atoms with E-state index in [4.69, 9.17) is 0 Å². The normalized spacial score (nSPS) is 10.7. The van der Waals surface area contributed by atoms with Crippen molar-refractivity contribution in [2.45, 2.75) is 6.54 Å². The lowest BCUT2D eigenvalue weighted by atomic mass is 10.0. The monoisotopic (exact) mass is 361 g/mol. The van der Waals surface area contributed by atoms with E-state index < -0.39 is 5.97 Å². The predicted molar refractivity (Wildman–Crippen MR) is 90.3 cm³/mol. The number of anilines is 1. The summed E-state index contributed by atoms with van der Waals surface area (Å²) in [5.74, 6) is -0.903. The fourth-order valence-corrected chi connectivity index (χ4v) is 3.66. The highest BCUT2D eigenvalue weighted by molar-refractivity contribution is 9.10. The van der Waals surface area contributed by atoms with Crippen molar-refractivity contribution in [1.29, 1.82) is 0 Å². The molecule has 0 fully saturated rings. The average Bonchev–Trinajstić information content (AvgIpc) is 2.90. The molecule has 106 valence electrons. The van der Waals surface area contributed by atoms with Crippen molar-refractivity contribution < 1.29 is 9.90 Å². The summed E-state index contributed by atoms with van der Waals surface area (Å²) in [5.41, 5.74) is 1.27. The van der Waals surface area contributed by atoms with Crippen LogP contribution in [0.5, 0.6) is 0 Å². The van der Waals surface area contributed by atoms with E-state index in [1.165, 1.54) is 4.88 Å². The van der Waals surface area contributed by atoms with E-state index in [2.05, 4.69) is 27.3 Å². The van der Waals surface area contributed by atoms with Crippen LogP contribution in [0.15, 0.2) is 52.3 Å². The van der Waals surface area contributed by atoms with Gasteiger partial charge in [0, 0.05) is 32.3 Å². The SMILES string of the molecule is O=C(O)c1ccc(NCc2cc(Br)cs2)c2ccccc12. The molecule has 0 spiro atoms. The highest BCUT2D eigenvalue weighted by Crippen LogP contribution is 2.28. The van der Waals surface area contributed by atoms with Crippen molar-refractivity contribution in [1.82, 2.24) is 0 Å². The molecule has 1 heterocycles. The number of halogens is 1. The summed E-state index contributed by atoms with van der Waals surface area (Å²) in [7, 11) is 0. The second kappa shape index (κ2) is 5.87. The highest BCUT2D eigenvalue weighted by atomic mass is 79.9. The quantitative estimate of drug-likeness (QED) is 0.689. The summed E-state index contributed by atoms with van der Waals surface area (Å²) in [6.45, 7) is 0.715. The van der Waals surface area contributed by atoms with Crippen molar-refractivity contribution in [2.75, 3.05) is 5.32 Å². The molecule has 2 aromatic carbocycles. The lowest BCUT2D eigenvalue weighted by Crippen LogP contribution is -2.02. The van der Waals surface area contributed by atoms with E-state index in [0.29, 0.717) is 12.1 Å². The number of hydrogen-bond acceptors (Lipinski definition) is 3. The van der Waals surface area contributed by atoms with Crippen LogP contribution in [-0.2, 0) is 6.54 Å². The number of nitrogens with one attached hydrogen (secondary N) is 1. The van der Waals surface area contributed by atoms with E-state index in [0.717, 1.165) is 20.9 Å². The van der Waals surface area contributed by atoms with Crippen molar-refractivity contribution in [3.63, 3.8) is 0 Å². The number of benzene rings is 2. The Balaban J connectivity index is 1.96. The Hall–Kier alpha value is -1.85. The van der Waals surface area contributed by atoms with Crippen molar-refractivity contribution in [3.8, 4) is 0 Å². The molecule has 0 bridgehead atoms. The van der Waals surface area contributed by atoms with Gasteiger partial charge in [-0.3, -0.25) is 0 Å². The van der Waals surface area contributed by atoms with Gasteiger partial charge in [0.25, 0.3) is 0 Å². The first-order valence-electron chi connectivity index (χ1n) is 6.37. The van der Waals surface area contributed by atoms with Crippen LogP contribution in [0.3, 0.4) is 0 Å². The highest BCUT2D eigenvalue weighted by Gasteiger charge is 2.10. The molecule has 3 aromatic rings. The molecule has 0 saturated carbocycles. The number of thiophene rings is 1. The summed E-state index contributed by atoms with van der Waals surface area (Å²) in [5, 5.41) is 16.4. The zero-order valence-corrected chi connectivity index (χ0v) is 13.4. The summed E-state index contributed by atoms with van der Waals surface area (Å²) in [6, 6.07) is 13.1. The molecule has 0 aliphatic carbocycles. The number of rotatable bonds is 4. The smallest absolute Gasteiger partial charge is 0.336 e. The van der Waals surface area contributed by atoms with Crippen LogP contribution in [0.2, 0.25) is 0 Å². The van der Waals surface area contributed by atoms with Gasteiger partial charge in [-0.15, -0.1) is 11.3 Å². The second-order valence-corrected chi connectivity index (χ2v) is 6.51. The fourth-order valence-electron chi connectivity index (χ4n) is 2.27. The number of carbonyl (C=O) groups is 1. The van der Waals surface area contributed by atoms with Crippen LogP contribution >= 0.6 is 27.3 Å². The minimum Gasteiger partial charge on any atom is -0.478 e. The van der Waals surface area contributed by atoms with E-state index in [9.17, 15) is 9.90 Å². The third-order valence-electron chi connectivity index (χ3n) is 3.23. The molecular weight excluding hydrogens is 350 g/mol. The van der Waals surface area contributed by atoms with Crippen molar-refractivity contribution >= 4 is 49.7 Å². The maximum Gasteiger partial charge on any atom is 0.336 e. The number of fused-ring (bicyclic) bond motifs is 1. The molecule has 21 heavy (non-hydrogen) atoms. The van der Waals surface area contributed by atoms with Gasteiger partial charge in [-0.05, 0) is 39.5 Å². The van der Waals surface area contributed by atoms with Gasteiger partial charge in [0.05, 0.1) is 5.56 Å². The van der Waals surface area contributed by atoms with E-state index in [-0.39, 0.29) is 0 Å². The molecule has 0 amide bonds. The zero-order chi connectivity index (χ0) is 14.8. The summed E-state index contributed by atoms with van der Waals surface area (Å²) in [4.78, 5) is 12.5. The molecule has 0 saturated heterocycles. The standard InChI is InChI=1S/C16H12BrNO2S/c17-10-7-11(21-9-10)8-18-15-6-5-14(16(19)20)12-3-1-2-4-13(12)15/h1-7,9,18H,8H2,(H,19,20). The molecule has 3 rings (SSSR count). The van der Waals surface area contributed by atoms with Crippen LogP contribution in [-0.4, -0.2) is 11.1 Å². The van der Waals surface area contributed by atoms with Crippen LogP contribution in [0, 0.1) is 0 Å². The number of carboxylic acid groups (broad SMARTS) is 1. The number of aromatic carboxylic acids is 1. The van der Waals surface area contributed by atoms with Gasteiger partial charge in [-0.25, -0.2) is 4.79 Å². The number of hydrogen-bond donors (Lipinski definition) is 2. The Morgan fingerprint density at radius 2 is 1.95 bits per heavy atom. The summed E-state index contributed by atoms with van der Waals surface area (Å²) >= 11 is 5.12. The maximum atomic E-state index is 11.3. The third kappa shape index (κ3) is 2.94. The summed E-state index contributed by atoms with van der Waals surface area (Å²) < 4.78 is 1.08. The molecule has 0 aliphatic rings. The minimum atomic E-state index is -0.903. The largest absolute Gasteiger partial charge is 0.478 e. The average molecular weight is 362 g/mol. The first-order valence-corrected chi connectivity index (χ1v) is 8.04. The first kappa shape index (κ1) is 14.1. The van der Waals surface area contributed by atoms with E-state index in [1.807, 2.05) is 35.7 Å². The molecule has 0 unspecified atom stereocenters. The lowest BCUT2D eigenvalue weighted by molar-refractivity contribution is 0.0699. The molecule has 5 heteroatoms. The molecule has 2 N–H and O–H groups in total. The Labute approximate surface area is 134 Å². The van der Waals surface area contributed by atoms with Gasteiger partial charge < -0.3 is 10.4 Å². The van der Waals surface area contributed by atoms with Crippen LogP contribution < -0.4 is 5.32 Å². The van der Waals surface area contributed by atoms with Gasteiger partial charge in [0.1, 0.15) is 0 Å². The lowest BCUT2D eigenvalue weighted by Gasteiger charge is -2.11. The molecule has 0 aliphatic heterocycles. The molecule has 1 aromatic heterocycles. The Bertz CT molecular complexity index is 813. The third-order valence-corrected chi connectivity index (χ3v) is 4.93. The van der Waals surface area contributed by atoms with Crippen molar-refractivity contribution in [2.24, 2.45) is 0 Å². The Kier molecular flexibility index (Phi) is 3.94. The molecule has 0 atom stereocenters. The Morgan fingerprint density at radius 3 is 2.62 bits per heavy atom. The van der Waals surface area contributed by atoms with E-state index >= 15 is 0 Å².